The van der Waals surface area contributed by atoms with E-state index in [0.717, 1.165) is 0 Å². The third-order valence-electron chi connectivity index (χ3n) is 2.77. The molecule has 0 aliphatic carbocycles. The van der Waals surface area contributed by atoms with E-state index in [2.05, 4.69) is 9.97 Å². The van der Waals surface area contributed by atoms with Crippen molar-refractivity contribution < 1.29 is 9.53 Å². The molecule has 7 heteroatoms. The number of methoxy groups -OCH3 is 1. The molecule has 1 aromatic heterocycles. The molecule has 0 amide bonds. The second kappa shape index (κ2) is 6.45. The van der Waals surface area contributed by atoms with Crippen molar-refractivity contribution in [2.24, 2.45) is 0 Å². The van der Waals surface area contributed by atoms with Crippen LogP contribution < -0.4 is 16.2 Å². The van der Waals surface area contributed by atoms with E-state index in [0.29, 0.717) is 16.5 Å². The summed E-state index contributed by atoms with van der Waals surface area (Å²) in [5.41, 5.74) is 11.8. The molecule has 1 aromatic carbocycles. The summed E-state index contributed by atoms with van der Waals surface area (Å²) in [6, 6.07) is 8.43. The van der Waals surface area contributed by atoms with Crippen molar-refractivity contribution in [3.63, 3.8) is 0 Å². The summed E-state index contributed by atoms with van der Waals surface area (Å²) >= 11 is 1.22. The van der Waals surface area contributed by atoms with Crippen LogP contribution in [-0.4, -0.2) is 28.1 Å². The van der Waals surface area contributed by atoms with Crippen LogP contribution in [0.4, 0.5) is 11.6 Å². The second-order valence-corrected chi connectivity index (χ2v) is 5.66. The van der Waals surface area contributed by atoms with Gasteiger partial charge in [0, 0.05) is 11.6 Å². The molecule has 1 unspecified atom stereocenters. The molecular formula is C14H16N4O2S. The molecule has 0 aliphatic rings. The first-order valence-corrected chi connectivity index (χ1v) is 7.12. The van der Waals surface area contributed by atoms with E-state index in [1.807, 2.05) is 0 Å². The normalized spacial score (nSPS) is 11.9. The lowest BCUT2D eigenvalue weighted by Crippen LogP contribution is -2.14. The Kier molecular flexibility index (Phi) is 4.64. The summed E-state index contributed by atoms with van der Waals surface area (Å²) < 4.78 is 5.07. The SMILES string of the molecule is COc1ccc(C(=O)C(C)Sc2nc(N)cc(N)n2)cc1. The molecule has 6 nitrogen and oxygen atoms in total. The number of benzene rings is 1. The van der Waals surface area contributed by atoms with E-state index in [1.165, 1.54) is 17.8 Å². The van der Waals surface area contributed by atoms with Gasteiger partial charge in [0.05, 0.1) is 12.4 Å². The Morgan fingerprint density at radius 2 is 1.76 bits per heavy atom. The smallest absolute Gasteiger partial charge is 0.192 e. The zero-order valence-corrected chi connectivity index (χ0v) is 12.6. The van der Waals surface area contributed by atoms with Gasteiger partial charge in [-0.2, -0.15) is 0 Å². The molecule has 2 aromatic rings. The Bertz CT molecular complexity index is 626. The predicted octanol–water partition coefficient (Wildman–Crippen LogP) is 2.01. The molecule has 0 fully saturated rings. The van der Waals surface area contributed by atoms with Crippen LogP contribution in [0.25, 0.3) is 0 Å². The third-order valence-corrected chi connectivity index (χ3v) is 3.73. The summed E-state index contributed by atoms with van der Waals surface area (Å²) in [5, 5.41) is 0.0430. The van der Waals surface area contributed by atoms with Crippen molar-refractivity contribution in [1.82, 2.24) is 9.97 Å². The molecule has 0 saturated heterocycles. The van der Waals surface area contributed by atoms with Gasteiger partial charge < -0.3 is 16.2 Å². The summed E-state index contributed by atoms with van der Waals surface area (Å²) in [6.45, 7) is 1.79. The second-order valence-electron chi connectivity index (χ2n) is 4.35. The van der Waals surface area contributed by atoms with E-state index in [4.69, 9.17) is 16.2 Å². The molecule has 0 saturated carbocycles. The number of ether oxygens (including phenoxy) is 1. The Hall–Kier alpha value is -2.28. The fourth-order valence-electron chi connectivity index (χ4n) is 1.72. The number of aromatic nitrogens is 2. The van der Waals surface area contributed by atoms with Gasteiger partial charge in [-0.05, 0) is 31.2 Å². The zero-order chi connectivity index (χ0) is 15.4. The van der Waals surface area contributed by atoms with Crippen molar-refractivity contribution in [2.45, 2.75) is 17.3 Å². The van der Waals surface area contributed by atoms with Crippen LogP contribution in [0.5, 0.6) is 5.75 Å². The molecule has 1 atom stereocenters. The van der Waals surface area contributed by atoms with Gasteiger partial charge in [-0.15, -0.1) is 0 Å². The largest absolute Gasteiger partial charge is 0.497 e. The minimum absolute atomic E-state index is 0.0211. The van der Waals surface area contributed by atoms with Crippen LogP contribution in [0.3, 0.4) is 0 Å². The Balaban J connectivity index is 2.11. The number of nitrogens with zero attached hydrogens (tertiary/aromatic N) is 2. The lowest BCUT2D eigenvalue weighted by molar-refractivity contribution is 0.0994. The van der Waals surface area contributed by atoms with Gasteiger partial charge >= 0.3 is 0 Å². The molecule has 2 rings (SSSR count). The summed E-state index contributed by atoms with van der Waals surface area (Å²) in [4.78, 5) is 20.4. The summed E-state index contributed by atoms with van der Waals surface area (Å²) in [5.74, 6) is 1.26. The fourth-order valence-corrected chi connectivity index (χ4v) is 2.59. The first-order chi connectivity index (χ1) is 9.99. The van der Waals surface area contributed by atoms with Gasteiger partial charge in [-0.25, -0.2) is 9.97 Å². The van der Waals surface area contributed by atoms with Gasteiger partial charge in [0.15, 0.2) is 10.9 Å². The van der Waals surface area contributed by atoms with E-state index < -0.39 is 0 Å². The lowest BCUT2D eigenvalue weighted by atomic mass is 10.1. The number of nitrogens with two attached hydrogens (primary N) is 2. The Morgan fingerprint density at radius 3 is 2.29 bits per heavy atom. The van der Waals surface area contributed by atoms with Gasteiger partial charge in [0.2, 0.25) is 0 Å². The zero-order valence-electron chi connectivity index (χ0n) is 11.7. The maximum absolute atomic E-state index is 12.3. The predicted molar refractivity (Wildman–Crippen MR) is 83.5 cm³/mol. The van der Waals surface area contributed by atoms with Crippen LogP contribution in [0.1, 0.15) is 17.3 Å². The van der Waals surface area contributed by atoms with Gasteiger partial charge in [0.25, 0.3) is 0 Å². The minimum atomic E-state index is -0.348. The first-order valence-electron chi connectivity index (χ1n) is 6.24. The highest BCUT2D eigenvalue weighted by Gasteiger charge is 2.18. The van der Waals surface area contributed by atoms with Gasteiger partial charge in [-0.3, -0.25) is 4.79 Å². The number of thioether (sulfide) groups is 1. The molecule has 1 heterocycles. The van der Waals surface area contributed by atoms with Crippen LogP contribution in [0.2, 0.25) is 0 Å². The maximum atomic E-state index is 12.3. The number of nitrogen functional groups attached to an aromatic ring is 2. The van der Waals surface area contributed by atoms with Crippen molar-refractivity contribution in [3.8, 4) is 5.75 Å². The third kappa shape index (κ3) is 3.85. The van der Waals surface area contributed by atoms with E-state index in [9.17, 15) is 4.79 Å². The average Bonchev–Trinajstić information content (AvgIpc) is 2.45. The Morgan fingerprint density at radius 1 is 1.19 bits per heavy atom. The van der Waals surface area contributed by atoms with E-state index >= 15 is 0 Å². The van der Waals surface area contributed by atoms with Crippen molar-refractivity contribution in [2.75, 3.05) is 18.6 Å². The van der Waals surface area contributed by atoms with Gasteiger partial charge in [0.1, 0.15) is 17.4 Å². The number of rotatable bonds is 5. The standard InChI is InChI=1S/C14H16N4O2S/c1-8(21-14-17-11(15)7-12(16)18-14)13(19)9-3-5-10(20-2)6-4-9/h3-8H,1-2H3,(H4,15,16,17,18). The molecule has 0 radical (unpaired) electrons. The van der Waals surface area contributed by atoms with Crippen LogP contribution in [-0.2, 0) is 0 Å². The van der Waals surface area contributed by atoms with Crippen LogP contribution in [0, 0.1) is 0 Å². The molecule has 0 aliphatic heterocycles. The molecule has 4 N–H and O–H groups in total. The molecule has 110 valence electrons. The van der Waals surface area contributed by atoms with Crippen molar-refractivity contribution in [1.29, 1.82) is 0 Å². The monoisotopic (exact) mass is 304 g/mol. The number of hydrogen-bond acceptors (Lipinski definition) is 7. The van der Waals surface area contributed by atoms with Crippen molar-refractivity contribution >= 4 is 29.2 Å². The first kappa shape index (κ1) is 15.1. The highest BCUT2D eigenvalue weighted by atomic mass is 32.2. The molecule has 0 bridgehead atoms. The number of Topliss-reactive ketones (excluding diaryl/α,β-unsaturated/α-hetero) is 1. The summed E-state index contributed by atoms with van der Waals surface area (Å²) in [7, 11) is 1.58. The molecule has 21 heavy (non-hydrogen) atoms. The fraction of sp³-hybridized carbons (Fsp3) is 0.214. The Labute approximate surface area is 126 Å². The van der Waals surface area contributed by atoms with E-state index in [1.54, 1.807) is 38.3 Å². The van der Waals surface area contributed by atoms with Gasteiger partial charge in [-0.1, -0.05) is 11.8 Å². The minimum Gasteiger partial charge on any atom is -0.497 e. The average molecular weight is 304 g/mol. The quantitative estimate of drug-likeness (QED) is 0.494. The van der Waals surface area contributed by atoms with E-state index in [-0.39, 0.29) is 22.7 Å². The van der Waals surface area contributed by atoms with Crippen LogP contribution >= 0.6 is 11.8 Å². The molecular weight excluding hydrogens is 288 g/mol. The lowest BCUT2D eigenvalue weighted by Gasteiger charge is -2.10. The number of ketones is 1. The number of anilines is 2. The topological polar surface area (TPSA) is 104 Å². The number of carbonyl (C=O) groups excluding carboxylic acids is 1. The van der Waals surface area contributed by atoms with Crippen molar-refractivity contribution in [3.05, 3.63) is 35.9 Å². The molecule has 0 spiro atoms. The van der Waals surface area contributed by atoms with Crippen LogP contribution in [0.15, 0.2) is 35.5 Å². The number of carbonyl (C=O) groups is 1. The number of hydrogen-bond donors (Lipinski definition) is 2. The summed E-state index contributed by atoms with van der Waals surface area (Å²) in [6.07, 6.45) is 0. The highest BCUT2D eigenvalue weighted by molar-refractivity contribution is 8.00. The highest BCUT2D eigenvalue weighted by Crippen LogP contribution is 2.24. The maximum Gasteiger partial charge on any atom is 0.192 e.